The van der Waals surface area contributed by atoms with Crippen LogP contribution in [-0.2, 0) is 9.53 Å². The molecule has 4 aromatic carbocycles. The quantitative estimate of drug-likeness (QED) is 0.0562. The van der Waals surface area contributed by atoms with Crippen molar-refractivity contribution in [3.63, 3.8) is 0 Å². The van der Waals surface area contributed by atoms with Gasteiger partial charge in [0.2, 0.25) is 0 Å². The van der Waals surface area contributed by atoms with Crippen molar-refractivity contribution >= 4 is 43.3 Å². The first-order valence-electron chi connectivity index (χ1n) is 14.7. The lowest BCUT2D eigenvalue weighted by Gasteiger charge is -2.22. The Hall–Kier alpha value is -4.53. The fourth-order valence-corrected chi connectivity index (χ4v) is 5.99. The lowest BCUT2D eigenvalue weighted by Crippen LogP contribution is -2.31. The molecule has 5 aromatic rings. The van der Waals surface area contributed by atoms with Crippen molar-refractivity contribution in [1.29, 1.82) is 0 Å². The van der Waals surface area contributed by atoms with Gasteiger partial charge >= 0.3 is 5.97 Å². The number of ketones is 1. The number of hydrogen-bond acceptors (Lipinski definition) is 8. The first kappa shape index (κ1) is 30.9. The maximum Gasteiger partial charge on any atom is 0.302 e. The van der Waals surface area contributed by atoms with Gasteiger partial charge in [0.25, 0.3) is 0 Å². The largest absolute Gasteiger partial charge is 0.494 e. The van der Waals surface area contributed by atoms with Crippen LogP contribution in [0.1, 0.15) is 35.7 Å². The van der Waals surface area contributed by atoms with Gasteiger partial charge in [-0.05, 0) is 67.4 Å². The van der Waals surface area contributed by atoms with Gasteiger partial charge < -0.3 is 14.2 Å². The molecule has 0 amide bonds. The summed E-state index contributed by atoms with van der Waals surface area (Å²) in [4.78, 5) is 39.1. The number of ether oxygens (including phenoxy) is 3. The van der Waals surface area contributed by atoms with Crippen molar-refractivity contribution in [2.45, 2.75) is 19.8 Å². The Morgan fingerprint density at radius 2 is 1.27 bits per heavy atom. The number of fused-ring (bicyclic) bond motifs is 2. The van der Waals surface area contributed by atoms with Gasteiger partial charge in [-0.15, -0.1) is 11.3 Å². The zero-order valence-electron chi connectivity index (χ0n) is 24.7. The molecular formula is C36H35NO6S. The van der Waals surface area contributed by atoms with E-state index in [0.717, 1.165) is 40.7 Å². The van der Waals surface area contributed by atoms with E-state index < -0.39 is 0 Å². The minimum Gasteiger partial charge on any atom is -0.494 e. The Bertz CT molecular complexity index is 1770. The average Bonchev–Trinajstić information content (AvgIpc) is 3.05. The smallest absolute Gasteiger partial charge is 0.302 e. The molecule has 44 heavy (non-hydrogen) atoms. The molecule has 0 atom stereocenters. The summed E-state index contributed by atoms with van der Waals surface area (Å²) in [6, 6.07) is 29.8. The molecule has 226 valence electrons. The molecule has 5 rings (SSSR count). The van der Waals surface area contributed by atoms with Crippen LogP contribution in [-0.4, -0.2) is 56.1 Å². The second kappa shape index (κ2) is 15.3. The predicted octanol–water partition coefficient (Wildman–Crippen LogP) is 6.75. The van der Waals surface area contributed by atoms with Crippen LogP contribution >= 0.6 is 11.3 Å². The number of nitrogens with zero attached hydrogens (tertiary/aromatic N) is 1. The minimum absolute atomic E-state index is 0.0190. The number of carbonyl (C=O) groups is 2. The number of hydrogen-bond donors (Lipinski definition) is 0. The molecule has 0 bridgehead atoms. The van der Waals surface area contributed by atoms with Crippen molar-refractivity contribution in [3.05, 3.63) is 118 Å². The van der Waals surface area contributed by atoms with E-state index in [1.807, 2.05) is 72.8 Å². The Labute approximate surface area is 260 Å². The van der Waals surface area contributed by atoms with Gasteiger partial charge in [0.15, 0.2) is 11.2 Å². The highest BCUT2D eigenvalue weighted by atomic mass is 32.1. The van der Waals surface area contributed by atoms with E-state index in [0.29, 0.717) is 54.4 Å². The van der Waals surface area contributed by atoms with Crippen molar-refractivity contribution in [3.8, 4) is 11.5 Å². The van der Waals surface area contributed by atoms with Crippen molar-refractivity contribution in [1.82, 2.24) is 4.90 Å². The van der Waals surface area contributed by atoms with Gasteiger partial charge in [0.1, 0.15) is 18.1 Å². The van der Waals surface area contributed by atoms with Crippen LogP contribution in [0.5, 0.6) is 11.5 Å². The molecule has 0 radical (unpaired) electrons. The Balaban J connectivity index is 1.09. The molecule has 0 saturated carbocycles. The maximum atomic E-state index is 13.0. The van der Waals surface area contributed by atoms with E-state index in [1.54, 1.807) is 35.6 Å². The predicted molar refractivity (Wildman–Crippen MR) is 175 cm³/mol. The van der Waals surface area contributed by atoms with Crippen LogP contribution in [0.25, 0.3) is 20.2 Å². The molecule has 1 aromatic heterocycles. The maximum absolute atomic E-state index is 13.0. The van der Waals surface area contributed by atoms with Crippen LogP contribution in [0, 0.1) is 0 Å². The summed E-state index contributed by atoms with van der Waals surface area (Å²) in [7, 11) is 0. The fraction of sp³-hybridized carbons (Fsp3) is 0.250. The first-order chi connectivity index (χ1) is 21.5. The number of benzene rings is 4. The summed E-state index contributed by atoms with van der Waals surface area (Å²) in [5.41, 5.74) is 1.30. The normalized spacial score (nSPS) is 11.1. The summed E-state index contributed by atoms with van der Waals surface area (Å²) in [5.74, 6) is 1.07. The third-order valence-corrected chi connectivity index (χ3v) is 8.34. The van der Waals surface area contributed by atoms with Crippen molar-refractivity contribution in [2.24, 2.45) is 0 Å². The van der Waals surface area contributed by atoms with Gasteiger partial charge in [-0.3, -0.25) is 19.3 Å². The molecular weight excluding hydrogens is 574 g/mol. The van der Waals surface area contributed by atoms with E-state index in [9.17, 15) is 14.4 Å². The lowest BCUT2D eigenvalue weighted by atomic mass is 10.0. The topological polar surface area (TPSA) is 82.1 Å². The number of esters is 1. The Morgan fingerprint density at radius 1 is 0.659 bits per heavy atom. The van der Waals surface area contributed by atoms with Gasteiger partial charge in [-0.1, -0.05) is 42.5 Å². The molecule has 0 fully saturated rings. The molecule has 0 saturated heterocycles. The highest BCUT2D eigenvalue weighted by Gasteiger charge is 2.11. The SMILES string of the molecule is CC(=O)OCCN(CCCOc1ccc(C(=O)c2ccccc2)cc1)CCCOc1ccc2sc3ccccc3c(=O)c2c1. The minimum atomic E-state index is -0.298. The molecule has 7 nitrogen and oxygen atoms in total. The molecule has 0 aliphatic heterocycles. The molecule has 1 heterocycles. The zero-order chi connectivity index (χ0) is 30.7. The summed E-state index contributed by atoms with van der Waals surface area (Å²) in [5, 5.41) is 1.40. The molecule has 0 aliphatic rings. The average molecular weight is 610 g/mol. The summed E-state index contributed by atoms with van der Waals surface area (Å²) in [6.45, 7) is 4.85. The zero-order valence-corrected chi connectivity index (χ0v) is 25.5. The van der Waals surface area contributed by atoms with E-state index >= 15 is 0 Å². The summed E-state index contributed by atoms with van der Waals surface area (Å²) in [6.07, 6.45) is 1.54. The third-order valence-electron chi connectivity index (χ3n) is 7.19. The van der Waals surface area contributed by atoms with E-state index in [-0.39, 0.29) is 17.2 Å². The fourth-order valence-electron chi connectivity index (χ4n) is 4.94. The molecule has 0 aliphatic carbocycles. The first-order valence-corrected chi connectivity index (χ1v) is 15.6. The lowest BCUT2D eigenvalue weighted by molar-refractivity contribution is -0.141. The van der Waals surface area contributed by atoms with Gasteiger partial charge in [-0.2, -0.15) is 0 Å². The third kappa shape index (κ3) is 8.30. The van der Waals surface area contributed by atoms with Crippen molar-refractivity contribution in [2.75, 3.05) is 39.5 Å². The Kier molecular flexibility index (Phi) is 10.7. The highest BCUT2D eigenvalue weighted by Crippen LogP contribution is 2.27. The van der Waals surface area contributed by atoms with Crippen LogP contribution in [0.4, 0.5) is 0 Å². The summed E-state index contributed by atoms with van der Waals surface area (Å²) < 4.78 is 19.0. The highest BCUT2D eigenvalue weighted by molar-refractivity contribution is 7.24. The molecule has 0 unspecified atom stereocenters. The summed E-state index contributed by atoms with van der Waals surface area (Å²) >= 11 is 1.60. The molecule has 0 spiro atoms. The Morgan fingerprint density at radius 3 is 2.00 bits per heavy atom. The second-order valence-corrected chi connectivity index (χ2v) is 11.5. The van der Waals surface area contributed by atoms with E-state index in [2.05, 4.69) is 4.90 Å². The molecule has 0 N–H and O–H groups in total. The van der Waals surface area contributed by atoms with Crippen LogP contribution in [0.15, 0.2) is 102 Å². The van der Waals surface area contributed by atoms with Crippen LogP contribution in [0.2, 0.25) is 0 Å². The number of rotatable bonds is 15. The standard InChI is InChI=1S/C36H35NO6S/c1-26(38)41-24-21-37(19-7-22-42-29-15-13-28(14-16-29)35(39)27-9-3-2-4-10-27)20-8-23-43-30-17-18-34-32(25-30)36(40)31-11-5-6-12-33(31)44-34/h2-6,9-18,25H,7-8,19-24H2,1H3. The van der Waals surface area contributed by atoms with Gasteiger partial charge in [-0.25, -0.2) is 0 Å². The monoisotopic (exact) mass is 609 g/mol. The van der Waals surface area contributed by atoms with Gasteiger partial charge in [0.05, 0.1) is 13.2 Å². The van der Waals surface area contributed by atoms with E-state index in [4.69, 9.17) is 14.2 Å². The van der Waals surface area contributed by atoms with Crippen molar-refractivity contribution < 1.29 is 23.8 Å². The second-order valence-electron chi connectivity index (χ2n) is 10.4. The van der Waals surface area contributed by atoms with E-state index in [1.165, 1.54) is 6.92 Å². The van der Waals surface area contributed by atoms with Crippen LogP contribution < -0.4 is 14.9 Å². The van der Waals surface area contributed by atoms with Gasteiger partial charge in [0, 0.05) is 57.9 Å². The molecule has 8 heteroatoms. The number of carbonyl (C=O) groups excluding carboxylic acids is 2. The van der Waals surface area contributed by atoms with Crippen LogP contribution in [0.3, 0.4) is 0 Å².